The zero-order valence-corrected chi connectivity index (χ0v) is 12.8. The first-order valence-electron chi connectivity index (χ1n) is 7.67. The third kappa shape index (κ3) is 3.22. The average Bonchev–Trinajstić information content (AvgIpc) is 2.53. The van der Waals surface area contributed by atoms with Crippen molar-refractivity contribution in [3.63, 3.8) is 0 Å². The zero-order valence-electron chi connectivity index (χ0n) is 12.8. The first kappa shape index (κ1) is 14.6. The standard InChI is InChI=1S/C19H25N/c1-4-16(3)19(5-2)20(17-12-8-6-9-13-17)18-14-10-7-11-15-18/h6-16,19H,4-5H2,1-3H3/t16-,19?/m1/s1. The lowest BCUT2D eigenvalue weighted by molar-refractivity contribution is 0.426. The fourth-order valence-corrected chi connectivity index (χ4v) is 2.82. The molecule has 0 bridgehead atoms. The second-order valence-corrected chi connectivity index (χ2v) is 5.40. The Balaban J connectivity index is 2.44. The summed E-state index contributed by atoms with van der Waals surface area (Å²) < 4.78 is 0. The van der Waals surface area contributed by atoms with Crippen molar-refractivity contribution in [3.8, 4) is 0 Å². The molecule has 2 atom stereocenters. The van der Waals surface area contributed by atoms with Gasteiger partial charge in [-0.1, -0.05) is 63.6 Å². The lowest BCUT2D eigenvalue weighted by Gasteiger charge is -2.37. The van der Waals surface area contributed by atoms with Gasteiger partial charge >= 0.3 is 0 Å². The van der Waals surface area contributed by atoms with Gasteiger partial charge in [0.05, 0.1) is 0 Å². The van der Waals surface area contributed by atoms with Crippen LogP contribution in [0.5, 0.6) is 0 Å². The molecular weight excluding hydrogens is 242 g/mol. The predicted molar refractivity (Wildman–Crippen MR) is 88.6 cm³/mol. The molecule has 0 saturated carbocycles. The smallest absolute Gasteiger partial charge is 0.0413 e. The van der Waals surface area contributed by atoms with E-state index in [1.165, 1.54) is 17.8 Å². The largest absolute Gasteiger partial charge is 0.338 e. The second-order valence-electron chi connectivity index (χ2n) is 5.40. The first-order chi connectivity index (χ1) is 9.77. The number of para-hydroxylation sites is 2. The molecule has 106 valence electrons. The maximum Gasteiger partial charge on any atom is 0.0413 e. The lowest BCUT2D eigenvalue weighted by Crippen LogP contribution is -2.35. The Morgan fingerprint density at radius 1 is 0.750 bits per heavy atom. The molecule has 2 aromatic rings. The van der Waals surface area contributed by atoms with Gasteiger partial charge in [-0.25, -0.2) is 0 Å². The Hall–Kier alpha value is -1.76. The van der Waals surface area contributed by atoms with Gasteiger partial charge in [-0.2, -0.15) is 0 Å². The van der Waals surface area contributed by atoms with Crippen molar-refractivity contribution in [2.45, 2.75) is 39.7 Å². The number of anilines is 2. The van der Waals surface area contributed by atoms with Crippen molar-refractivity contribution in [3.05, 3.63) is 60.7 Å². The van der Waals surface area contributed by atoms with E-state index in [1.807, 2.05) is 0 Å². The van der Waals surface area contributed by atoms with Gasteiger partial charge in [0.1, 0.15) is 0 Å². The summed E-state index contributed by atoms with van der Waals surface area (Å²) in [4.78, 5) is 2.49. The molecule has 20 heavy (non-hydrogen) atoms. The molecule has 0 aliphatic carbocycles. The molecule has 0 radical (unpaired) electrons. The van der Waals surface area contributed by atoms with E-state index in [0.29, 0.717) is 12.0 Å². The summed E-state index contributed by atoms with van der Waals surface area (Å²) in [5.41, 5.74) is 2.57. The highest BCUT2D eigenvalue weighted by Gasteiger charge is 2.23. The molecular formula is C19H25N. The van der Waals surface area contributed by atoms with Gasteiger partial charge in [0.2, 0.25) is 0 Å². The van der Waals surface area contributed by atoms with Crippen LogP contribution in [0.15, 0.2) is 60.7 Å². The van der Waals surface area contributed by atoms with Crippen molar-refractivity contribution in [1.29, 1.82) is 0 Å². The molecule has 0 aromatic heterocycles. The maximum atomic E-state index is 2.49. The summed E-state index contributed by atoms with van der Waals surface area (Å²) >= 11 is 0. The molecule has 0 aliphatic rings. The Morgan fingerprint density at radius 2 is 1.20 bits per heavy atom. The maximum absolute atomic E-state index is 2.49. The summed E-state index contributed by atoms with van der Waals surface area (Å²) in [5, 5.41) is 0. The van der Waals surface area contributed by atoms with Crippen LogP contribution in [0.2, 0.25) is 0 Å². The molecule has 2 rings (SSSR count). The highest BCUT2D eigenvalue weighted by Crippen LogP contribution is 2.32. The molecule has 1 unspecified atom stereocenters. The molecule has 1 nitrogen and oxygen atoms in total. The topological polar surface area (TPSA) is 3.24 Å². The van der Waals surface area contributed by atoms with Gasteiger partial charge in [0.25, 0.3) is 0 Å². The minimum absolute atomic E-state index is 0.532. The third-order valence-electron chi connectivity index (χ3n) is 4.12. The van der Waals surface area contributed by atoms with Crippen LogP contribution in [0.3, 0.4) is 0 Å². The summed E-state index contributed by atoms with van der Waals surface area (Å²) in [6.07, 6.45) is 2.35. The Morgan fingerprint density at radius 3 is 1.55 bits per heavy atom. The van der Waals surface area contributed by atoms with E-state index >= 15 is 0 Å². The van der Waals surface area contributed by atoms with Crippen molar-refractivity contribution in [1.82, 2.24) is 0 Å². The fourth-order valence-electron chi connectivity index (χ4n) is 2.82. The van der Waals surface area contributed by atoms with Gasteiger partial charge in [0, 0.05) is 17.4 Å². The number of nitrogens with zero attached hydrogens (tertiary/aromatic N) is 1. The van der Waals surface area contributed by atoms with E-state index in [9.17, 15) is 0 Å². The molecule has 0 saturated heterocycles. The zero-order chi connectivity index (χ0) is 14.4. The van der Waals surface area contributed by atoms with Gasteiger partial charge < -0.3 is 4.90 Å². The fraction of sp³-hybridized carbons (Fsp3) is 0.368. The number of hydrogen-bond acceptors (Lipinski definition) is 1. The minimum Gasteiger partial charge on any atom is -0.338 e. The lowest BCUT2D eigenvalue weighted by atomic mass is 9.94. The number of benzene rings is 2. The Labute approximate surface area is 123 Å². The quantitative estimate of drug-likeness (QED) is 0.653. The van der Waals surface area contributed by atoms with Crippen molar-refractivity contribution >= 4 is 11.4 Å². The van der Waals surface area contributed by atoms with Crippen LogP contribution in [0.25, 0.3) is 0 Å². The Bertz CT molecular complexity index is 452. The van der Waals surface area contributed by atoms with Gasteiger partial charge in [-0.15, -0.1) is 0 Å². The van der Waals surface area contributed by atoms with E-state index in [1.54, 1.807) is 0 Å². The summed E-state index contributed by atoms with van der Waals surface area (Å²) in [7, 11) is 0. The summed E-state index contributed by atoms with van der Waals surface area (Å²) in [6.45, 7) is 6.92. The molecule has 2 aromatic carbocycles. The minimum atomic E-state index is 0.532. The van der Waals surface area contributed by atoms with Gasteiger partial charge in [0.15, 0.2) is 0 Å². The van der Waals surface area contributed by atoms with Crippen LogP contribution in [0, 0.1) is 5.92 Å². The van der Waals surface area contributed by atoms with E-state index in [2.05, 4.69) is 86.3 Å². The normalized spacial score (nSPS) is 13.8. The van der Waals surface area contributed by atoms with Crippen LogP contribution >= 0.6 is 0 Å². The van der Waals surface area contributed by atoms with E-state index < -0.39 is 0 Å². The molecule has 0 amide bonds. The molecule has 0 heterocycles. The van der Waals surface area contributed by atoms with Crippen LogP contribution in [0.4, 0.5) is 11.4 Å². The predicted octanol–water partition coefficient (Wildman–Crippen LogP) is 5.65. The van der Waals surface area contributed by atoms with Gasteiger partial charge in [-0.3, -0.25) is 0 Å². The molecule has 0 aliphatic heterocycles. The van der Waals surface area contributed by atoms with Crippen LogP contribution in [-0.2, 0) is 0 Å². The van der Waals surface area contributed by atoms with E-state index in [-0.39, 0.29) is 0 Å². The Kier molecular flexibility index (Phi) is 5.23. The highest BCUT2D eigenvalue weighted by atomic mass is 15.2. The van der Waals surface area contributed by atoms with Crippen LogP contribution in [0.1, 0.15) is 33.6 Å². The second kappa shape index (κ2) is 7.14. The van der Waals surface area contributed by atoms with Crippen LogP contribution < -0.4 is 4.90 Å². The van der Waals surface area contributed by atoms with E-state index in [4.69, 9.17) is 0 Å². The van der Waals surface area contributed by atoms with Gasteiger partial charge in [-0.05, 0) is 36.6 Å². The summed E-state index contributed by atoms with van der Waals surface area (Å²) in [5.74, 6) is 0.667. The monoisotopic (exact) mass is 267 g/mol. The highest BCUT2D eigenvalue weighted by molar-refractivity contribution is 5.64. The molecule has 0 fully saturated rings. The van der Waals surface area contributed by atoms with E-state index in [0.717, 1.165) is 6.42 Å². The van der Waals surface area contributed by atoms with Crippen molar-refractivity contribution in [2.75, 3.05) is 4.90 Å². The molecule has 1 heteroatoms. The molecule has 0 N–H and O–H groups in total. The first-order valence-corrected chi connectivity index (χ1v) is 7.67. The third-order valence-corrected chi connectivity index (χ3v) is 4.12. The SMILES string of the molecule is CCC([C@H](C)CC)N(c1ccccc1)c1ccccc1. The van der Waals surface area contributed by atoms with Crippen molar-refractivity contribution < 1.29 is 0 Å². The van der Waals surface area contributed by atoms with Crippen LogP contribution in [-0.4, -0.2) is 6.04 Å². The number of hydrogen-bond donors (Lipinski definition) is 0. The number of rotatable bonds is 6. The van der Waals surface area contributed by atoms with Crippen molar-refractivity contribution in [2.24, 2.45) is 5.92 Å². The average molecular weight is 267 g/mol. The molecule has 0 spiro atoms. The summed E-state index contributed by atoms with van der Waals surface area (Å²) in [6, 6.07) is 22.0.